The van der Waals surface area contributed by atoms with Crippen molar-refractivity contribution in [2.45, 2.75) is 57.6 Å². The van der Waals surface area contributed by atoms with E-state index in [0.717, 1.165) is 45.6 Å². The van der Waals surface area contributed by atoms with Crippen LogP contribution in [0.4, 0.5) is 0 Å². The lowest BCUT2D eigenvalue weighted by molar-refractivity contribution is -0.138. The van der Waals surface area contributed by atoms with Crippen LogP contribution in [0.25, 0.3) is 0 Å². The van der Waals surface area contributed by atoms with E-state index in [9.17, 15) is 4.79 Å². The lowest BCUT2D eigenvalue weighted by Gasteiger charge is -2.38. The second kappa shape index (κ2) is 10.1. The topological polar surface area (TPSA) is 42.0 Å². The Labute approximate surface area is 175 Å². The van der Waals surface area contributed by atoms with Crippen molar-refractivity contribution in [3.05, 3.63) is 35.4 Å². The first-order valence-electron chi connectivity index (χ1n) is 11.5. The summed E-state index contributed by atoms with van der Waals surface area (Å²) in [7, 11) is 0. The molecule has 160 valence electrons. The smallest absolute Gasteiger partial charge is 0.248 e. The quantitative estimate of drug-likeness (QED) is 0.673. The molecule has 0 aromatic heterocycles. The highest BCUT2D eigenvalue weighted by Crippen LogP contribution is 2.29. The van der Waals surface area contributed by atoms with E-state index in [0.29, 0.717) is 18.6 Å². The van der Waals surface area contributed by atoms with Gasteiger partial charge in [-0.15, -0.1) is 0 Å². The first-order valence-corrected chi connectivity index (χ1v) is 11.5. The molecule has 1 aromatic carbocycles. The number of nitrogens with zero attached hydrogens (tertiary/aromatic N) is 2. The predicted octanol–water partition coefficient (Wildman–Crippen LogP) is 2.91. The van der Waals surface area contributed by atoms with Gasteiger partial charge in [0, 0.05) is 32.3 Å². The van der Waals surface area contributed by atoms with Crippen LogP contribution in [0.5, 0.6) is 0 Å². The van der Waals surface area contributed by atoms with Crippen molar-refractivity contribution in [2.75, 3.05) is 46.0 Å². The number of rotatable bonds is 8. The van der Waals surface area contributed by atoms with Gasteiger partial charge < -0.3 is 14.4 Å². The monoisotopic (exact) mass is 400 g/mol. The van der Waals surface area contributed by atoms with Crippen LogP contribution < -0.4 is 0 Å². The summed E-state index contributed by atoms with van der Waals surface area (Å²) < 4.78 is 11.2. The highest BCUT2D eigenvalue weighted by molar-refractivity contribution is 5.77. The van der Waals surface area contributed by atoms with Gasteiger partial charge in [0.1, 0.15) is 6.61 Å². The van der Waals surface area contributed by atoms with Crippen molar-refractivity contribution < 1.29 is 14.3 Å². The molecule has 2 aliphatic heterocycles. The number of amides is 1. The predicted molar refractivity (Wildman–Crippen MR) is 114 cm³/mol. The average molecular weight is 401 g/mol. The number of piperidine rings is 1. The first-order chi connectivity index (χ1) is 14.2. The van der Waals surface area contributed by atoms with Crippen molar-refractivity contribution in [3.8, 4) is 0 Å². The lowest BCUT2D eigenvalue weighted by Crippen LogP contribution is -2.47. The minimum Gasteiger partial charge on any atom is -0.376 e. The molecule has 5 heteroatoms. The van der Waals surface area contributed by atoms with E-state index in [4.69, 9.17) is 9.47 Å². The molecule has 1 atom stereocenters. The Morgan fingerprint density at radius 3 is 2.48 bits per heavy atom. The fourth-order valence-corrected chi connectivity index (χ4v) is 5.20. The molecule has 0 N–H and O–H groups in total. The van der Waals surface area contributed by atoms with Crippen LogP contribution in [0.15, 0.2) is 24.3 Å². The van der Waals surface area contributed by atoms with E-state index in [1.54, 1.807) is 0 Å². The van der Waals surface area contributed by atoms with Crippen LogP contribution in [0.3, 0.4) is 0 Å². The normalized spacial score (nSPS) is 23.4. The number of likely N-dealkylation sites (tertiary alicyclic amines) is 1. The molecule has 1 aromatic rings. The van der Waals surface area contributed by atoms with Gasteiger partial charge in [-0.05, 0) is 75.6 Å². The van der Waals surface area contributed by atoms with Gasteiger partial charge in [0.05, 0.1) is 6.10 Å². The summed E-state index contributed by atoms with van der Waals surface area (Å²) in [5.41, 5.74) is 3.06. The molecule has 0 spiro atoms. The second-order valence-corrected chi connectivity index (χ2v) is 8.88. The fraction of sp³-hybridized carbons (Fsp3) is 0.708. The summed E-state index contributed by atoms with van der Waals surface area (Å²) >= 11 is 0. The molecule has 0 unspecified atom stereocenters. The third kappa shape index (κ3) is 5.39. The van der Waals surface area contributed by atoms with Gasteiger partial charge in [-0.2, -0.15) is 0 Å². The molecule has 1 aliphatic carbocycles. The standard InChI is InChI=1S/C24H36N2O3/c1-2-28-18-24(27)26(17-23-8-5-13-29-23)16-19-9-11-25(12-10-19)22-14-20-6-3-4-7-21(20)15-22/h3-4,6-7,19,22-23H,2,5,8-18H2,1H3/t23-/m0/s1. The highest BCUT2D eigenvalue weighted by atomic mass is 16.5. The summed E-state index contributed by atoms with van der Waals surface area (Å²) in [6.45, 7) is 7.43. The minimum atomic E-state index is 0.121. The van der Waals surface area contributed by atoms with Crippen LogP contribution in [-0.4, -0.2) is 73.9 Å². The third-order valence-corrected chi connectivity index (χ3v) is 6.90. The van der Waals surface area contributed by atoms with Gasteiger partial charge in [-0.25, -0.2) is 0 Å². The van der Waals surface area contributed by atoms with E-state index < -0.39 is 0 Å². The summed E-state index contributed by atoms with van der Waals surface area (Å²) in [5, 5.41) is 0. The number of carbonyl (C=O) groups is 1. The number of hydrogen-bond donors (Lipinski definition) is 0. The molecule has 2 fully saturated rings. The molecular formula is C24H36N2O3. The van der Waals surface area contributed by atoms with Crippen molar-refractivity contribution in [2.24, 2.45) is 5.92 Å². The van der Waals surface area contributed by atoms with Crippen molar-refractivity contribution in [1.29, 1.82) is 0 Å². The summed E-state index contributed by atoms with van der Waals surface area (Å²) in [5.74, 6) is 0.707. The maximum atomic E-state index is 12.7. The van der Waals surface area contributed by atoms with Gasteiger partial charge in [0.2, 0.25) is 5.91 Å². The largest absolute Gasteiger partial charge is 0.376 e. The molecule has 0 radical (unpaired) electrons. The van der Waals surface area contributed by atoms with Gasteiger partial charge in [-0.1, -0.05) is 24.3 Å². The van der Waals surface area contributed by atoms with E-state index in [1.165, 1.54) is 36.8 Å². The number of benzene rings is 1. The van der Waals surface area contributed by atoms with E-state index >= 15 is 0 Å². The molecule has 0 saturated carbocycles. The van der Waals surface area contributed by atoms with Gasteiger partial charge in [0.25, 0.3) is 0 Å². The Morgan fingerprint density at radius 2 is 1.86 bits per heavy atom. The Balaban J connectivity index is 1.27. The molecule has 3 aliphatic rings. The molecule has 29 heavy (non-hydrogen) atoms. The maximum Gasteiger partial charge on any atom is 0.248 e. The molecule has 5 nitrogen and oxygen atoms in total. The minimum absolute atomic E-state index is 0.121. The van der Waals surface area contributed by atoms with Crippen molar-refractivity contribution >= 4 is 5.91 Å². The Morgan fingerprint density at radius 1 is 1.14 bits per heavy atom. The van der Waals surface area contributed by atoms with Crippen LogP contribution >= 0.6 is 0 Å². The number of hydrogen-bond acceptors (Lipinski definition) is 4. The molecular weight excluding hydrogens is 364 g/mol. The summed E-state index contributed by atoms with van der Waals surface area (Å²) in [6.07, 6.45) is 7.13. The Hall–Kier alpha value is -1.43. The van der Waals surface area contributed by atoms with E-state index in [-0.39, 0.29) is 18.6 Å². The molecule has 1 amide bonds. The number of ether oxygens (including phenoxy) is 2. The number of fused-ring (bicyclic) bond motifs is 1. The molecule has 2 heterocycles. The zero-order valence-electron chi connectivity index (χ0n) is 17.9. The third-order valence-electron chi connectivity index (χ3n) is 6.90. The van der Waals surface area contributed by atoms with Gasteiger partial charge >= 0.3 is 0 Å². The summed E-state index contributed by atoms with van der Waals surface area (Å²) in [4.78, 5) is 17.4. The first kappa shape index (κ1) is 20.8. The van der Waals surface area contributed by atoms with Crippen LogP contribution in [0, 0.1) is 5.92 Å². The average Bonchev–Trinajstić information content (AvgIpc) is 3.41. The van der Waals surface area contributed by atoms with Crippen molar-refractivity contribution in [3.63, 3.8) is 0 Å². The Bertz CT molecular complexity index is 641. The van der Waals surface area contributed by atoms with E-state index in [1.807, 2.05) is 11.8 Å². The fourth-order valence-electron chi connectivity index (χ4n) is 5.20. The van der Waals surface area contributed by atoms with E-state index in [2.05, 4.69) is 29.2 Å². The van der Waals surface area contributed by atoms with Crippen LogP contribution in [0.1, 0.15) is 43.7 Å². The SMILES string of the molecule is CCOCC(=O)N(CC1CCN(C2Cc3ccccc3C2)CC1)C[C@@H]1CCCO1. The molecule has 4 rings (SSSR count). The highest BCUT2D eigenvalue weighted by Gasteiger charge is 2.31. The van der Waals surface area contributed by atoms with Crippen LogP contribution in [-0.2, 0) is 27.1 Å². The zero-order valence-corrected chi connectivity index (χ0v) is 17.9. The second-order valence-electron chi connectivity index (χ2n) is 8.88. The maximum absolute atomic E-state index is 12.7. The lowest BCUT2D eigenvalue weighted by atomic mass is 9.94. The molecule has 2 saturated heterocycles. The van der Waals surface area contributed by atoms with Crippen molar-refractivity contribution in [1.82, 2.24) is 9.80 Å². The zero-order chi connectivity index (χ0) is 20.1. The van der Waals surface area contributed by atoms with Gasteiger partial charge in [-0.3, -0.25) is 9.69 Å². The number of carbonyl (C=O) groups excluding carboxylic acids is 1. The summed E-state index contributed by atoms with van der Waals surface area (Å²) in [6, 6.07) is 9.56. The van der Waals surface area contributed by atoms with Gasteiger partial charge in [0.15, 0.2) is 0 Å². The van der Waals surface area contributed by atoms with Crippen LogP contribution in [0.2, 0.25) is 0 Å². The molecule has 0 bridgehead atoms. The Kier molecular flexibility index (Phi) is 7.22.